The van der Waals surface area contributed by atoms with Gasteiger partial charge < -0.3 is 19.0 Å². The maximum atomic E-state index is 6.84. The number of para-hydroxylation sites is 3. The van der Waals surface area contributed by atoms with Crippen LogP contribution in [0.3, 0.4) is 0 Å². The monoisotopic (exact) mass is 897 g/mol. The van der Waals surface area contributed by atoms with Crippen molar-refractivity contribution in [3.8, 4) is 22.3 Å². The second-order valence-corrected chi connectivity index (χ2v) is 20.8. The maximum absolute atomic E-state index is 6.84. The van der Waals surface area contributed by atoms with Crippen LogP contribution in [0.1, 0.15) is 95.8 Å². The summed E-state index contributed by atoms with van der Waals surface area (Å²) in [7, 11) is 0. The van der Waals surface area contributed by atoms with Gasteiger partial charge in [0, 0.05) is 67.1 Å². The fourth-order valence-corrected chi connectivity index (χ4v) is 13.3. The molecule has 1 fully saturated rings. The summed E-state index contributed by atoms with van der Waals surface area (Å²) in [6.07, 6.45) is 11.7. The van der Waals surface area contributed by atoms with E-state index in [-0.39, 0.29) is 17.8 Å². The molecule has 0 bridgehead atoms. The third-order valence-electron chi connectivity index (χ3n) is 16.9. The van der Waals surface area contributed by atoms with E-state index in [2.05, 4.69) is 212 Å². The van der Waals surface area contributed by atoms with Gasteiger partial charge in [0.15, 0.2) is 0 Å². The molecule has 8 aromatic carbocycles. The van der Waals surface area contributed by atoms with Crippen LogP contribution in [0, 0.1) is 0 Å². The van der Waals surface area contributed by atoms with Crippen LogP contribution in [0.2, 0.25) is 0 Å². The predicted molar refractivity (Wildman–Crippen MR) is 293 cm³/mol. The highest BCUT2D eigenvalue weighted by molar-refractivity contribution is 6.94. The van der Waals surface area contributed by atoms with Crippen LogP contribution in [0.25, 0.3) is 44.2 Å². The minimum absolute atomic E-state index is 0.0327. The minimum Gasteiger partial charge on any atom is -0.456 e. The summed E-state index contributed by atoms with van der Waals surface area (Å²) < 4.78 is 6.84. The Bertz CT molecular complexity index is 3430. The first-order valence-electron chi connectivity index (χ1n) is 25.9. The molecule has 0 spiro atoms. The van der Waals surface area contributed by atoms with Gasteiger partial charge in [-0.15, -0.1) is 0 Å². The molecule has 4 heterocycles. The predicted octanol–water partition coefficient (Wildman–Crippen LogP) is 16.4. The molecule has 1 aliphatic carbocycles. The molecule has 4 nitrogen and oxygen atoms in total. The van der Waals surface area contributed by atoms with Gasteiger partial charge in [-0.1, -0.05) is 156 Å². The second-order valence-electron chi connectivity index (χ2n) is 20.8. The molecule has 0 amide bonds. The molecular formula is C64H60BN3O. The molecule has 9 aromatic rings. The van der Waals surface area contributed by atoms with Crippen LogP contribution < -0.4 is 25.5 Å². The van der Waals surface area contributed by atoms with Gasteiger partial charge in [0.25, 0.3) is 0 Å². The minimum atomic E-state index is -0.136. The Morgan fingerprint density at radius 1 is 0.580 bits per heavy atom. The summed E-state index contributed by atoms with van der Waals surface area (Å²) in [5.41, 5.74) is 22.5. The summed E-state index contributed by atoms with van der Waals surface area (Å²) in [5, 5.41) is 2.32. The Morgan fingerprint density at radius 2 is 1.28 bits per heavy atom. The van der Waals surface area contributed by atoms with Crippen molar-refractivity contribution in [2.75, 3.05) is 14.6 Å². The molecule has 5 heteroatoms. The van der Waals surface area contributed by atoms with Gasteiger partial charge in [-0.3, -0.25) is 0 Å². The number of aryl methyl sites for hydroxylation is 2. The van der Waals surface area contributed by atoms with E-state index in [4.69, 9.17) is 4.42 Å². The van der Waals surface area contributed by atoms with Crippen molar-refractivity contribution >= 4 is 79.5 Å². The summed E-state index contributed by atoms with van der Waals surface area (Å²) in [5.74, 6) is 0. The summed E-state index contributed by atoms with van der Waals surface area (Å²) >= 11 is 0. The van der Waals surface area contributed by atoms with Gasteiger partial charge in [-0.2, -0.15) is 0 Å². The highest BCUT2D eigenvalue weighted by Crippen LogP contribution is 2.63. The van der Waals surface area contributed by atoms with E-state index in [1.165, 1.54) is 129 Å². The lowest BCUT2D eigenvalue weighted by molar-refractivity contribution is 0.195. The first kappa shape index (κ1) is 42.2. The topological polar surface area (TPSA) is 22.9 Å². The van der Waals surface area contributed by atoms with Crippen LogP contribution in [-0.2, 0) is 18.3 Å². The lowest BCUT2D eigenvalue weighted by Gasteiger charge is -2.53. The SMILES string of the molecule is CCCCc1ccc(N(c2ccccc2)c2cc3c4c(c2)N2c5c(cc(CCCC)cc5C5(C)CCCCC25C)B4N(c2ccccc2-c2ccccc2)c2ccc4oc5ccccc5c4c2-3)cc1. The molecule has 2 atom stereocenters. The largest absolute Gasteiger partial charge is 0.456 e. The third-order valence-corrected chi connectivity index (χ3v) is 16.9. The van der Waals surface area contributed by atoms with Crippen LogP contribution in [0.15, 0.2) is 174 Å². The average Bonchev–Trinajstić information content (AvgIpc) is 3.87. The zero-order chi connectivity index (χ0) is 46.4. The van der Waals surface area contributed by atoms with Crippen molar-refractivity contribution in [3.63, 3.8) is 0 Å². The second kappa shape index (κ2) is 16.3. The summed E-state index contributed by atoms with van der Waals surface area (Å²) in [6, 6.07) is 64.4. The standard InChI is InChI=1S/C64H60BN3O/c1-5-7-21-43-31-33-47(34-32-43)66(46-25-13-10-14-26-46)48-41-51-59-55(35-36-58-60(59)50-28-16-18-30-57(50)69-58)68(54-29-17-15-27-49(54)45-23-11-9-12-24-45)65-53-40-44(22-8-6-2)39-52-62(53)67(56(42-48)61(51)65)64(4)38-20-19-37-63(52,64)3/h9-18,23-36,39-42H,5-8,19-22,37-38H2,1-4H3. The van der Waals surface area contributed by atoms with Gasteiger partial charge in [0.05, 0.1) is 5.54 Å². The van der Waals surface area contributed by atoms with E-state index >= 15 is 0 Å². The normalized spacial score (nSPS) is 18.6. The van der Waals surface area contributed by atoms with E-state index in [0.717, 1.165) is 41.5 Å². The van der Waals surface area contributed by atoms with Crippen LogP contribution >= 0.6 is 0 Å². The van der Waals surface area contributed by atoms with Crippen molar-refractivity contribution in [1.29, 1.82) is 0 Å². The van der Waals surface area contributed by atoms with Crippen LogP contribution in [0.4, 0.5) is 39.8 Å². The first-order valence-corrected chi connectivity index (χ1v) is 25.9. The quantitative estimate of drug-likeness (QED) is 0.121. The van der Waals surface area contributed by atoms with E-state index in [0.29, 0.717) is 0 Å². The summed E-state index contributed by atoms with van der Waals surface area (Å²) in [4.78, 5) is 8.16. The number of fused-ring (bicyclic) bond motifs is 11. The van der Waals surface area contributed by atoms with Gasteiger partial charge in [-0.05, 0) is 145 Å². The fraction of sp³-hybridized carbons (Fsp3) is 0.250. The number of benzene rings is 8. The molecule has 3 aliphatic heterocycles. The Kier molecular flexibility index (Phi) is 9.98. The Balaban J connectivity index is 1.18. The van der Waals surface area contributed by atoms with Gasteiger partial charge in [0.2, 0.25) is 0 Å². The van der Waals surface area contributed by atoms with E-state index < -0.39 is 0 Å². The molecule has 340 valence electrons. The smallest absolute Gasteiger partial charge is 0.333 e. The highest BCUT2D eigenvalue weighted by Gasteiger charge is 2.62. The van der Waals surface area contributed by atoms with Crippen LogP contribution in [-0.4, -0.2) is 12.4 Å². The molecule has 2 unspecified atom stereocenters. The van der Waals surface area contributed by atoms with Crippen molar-refractivity contribution in [2.45, 2.75) is 103 Å². The number of anilines is 7. The third kappa shape index (κ3) is 6.28. The Morgan fingerprint density at radius 3 is 2.07 bits per heavy atom. The van der Waals surface area contributed by atoms with E-state index in [1.807, 2.05) is 0 Å². The number of furan rings is 1. The zero-order valence-electron chi connectivity index (χ0n) is 40.6. The highest BCUT2D eigenvalue weighted by atomic mass is 16.3. The van der Waals surface area contributed by atoms with Crippen molar-refractivity contribution < 1.29 is 4.42 Å². The molecule has 69 heavy (non-hydrogen) atoms. The number of hydrogen-bond acceptors (Lipinski definition) is 4. The Hall–Kier alpha value is -6.98. The van der Waals surface area contributed by atoms with Crippen molar-refractivity contribution in [1.82, 2.24) is 0 Å². The molecule has 13 rings (SSSR count). The van der Waals surface area contributed by atoms with Crippen LogP contribution in [0.5, 0.6) is 0 Å². The molecule has 4 aliphatic rings. The molecule has 0 saturated heterocycles. The van der Waals surface area contributed by atoms with Crippen molar-refractivity contribution in [3.05, 3.63) is 187 Å². The fourth-order valence-electron chi connectivity index (χ4n) is 13.3. The lowest BCUT2D eigenvalue weighted by atomic mass is 9.43. The van der Waals surface area contributed by atoms with E-state index in [9.17, 15) is 0 Å². The summed E-state index contributed by atoms with van der Waals surface area (Å²) in [6.45, 7) is 9.75. The lowest BCUT2D eigenvalue weighted by Crippen LogP contribution is -2.64. The zero-order valence-corrected chi connectivity index (χ0v) is 40.6. The van der Waals surface area contributed by atoms with Gasteiger partial charge in [0.1, 0.15) is 11.2 Å². The van der Waals surface area contributed by atoms with Gasteiger partial charge >= 0.3 is 6.85 Å². The van der Waals surface area contributed by atoms with Gasteiger partial charge in [-0.25, -0.2) is 0 Å². The van der Waals surface area contributed by atoms with Crippen molar-refractivity contribution in [2.24, 2.45) is 0 Å². The number of hydrogen-bond donors (Lipinski definition) is 0. The molecular weight excluding hydrogens is 838 g/mol. The Labute approximate surface area is 408 Å². The molecule has 1 saturated carbocycles. The van der Waals surface area contributed by atoms with E-state index in [1.54, 1.807) is 5.56 Å². The average molecular weight is 898 g/mol. The number of rotatable bonds is 11. The first-order chi connectivity index (χ1) is 33.9. The molecule has 0 N–H and O–H groups in total. The molecule has 1 aromatic heterocycles. The maximum Gasteiger partial charge on any atom is 0.333 e. The number of nitrogens with zero attached hydrogens (tertiary/aromatic N) is 3. The molecule has 0 radical (unpaired) electrons. The number of unbranched alkanes of at least 4 members (excludes halogenated alkanes) is 2.